The summed E-state index contributed by atoms with van der Waals surface area (Å²) in [5.41, 5.74) is 3.28. The maximum absolute atomic E-state index is 11.8. The van der Waals surface area contributed by atoms with Crippen LogP contribution in [0.15, 0.2) is 41.1 Å². The highest BCUT2D eigenvalue weighted by atomic mass is 32.1. The second-order valence-electron chi connectivity index (χ2n) is 4.66. The molecule has 2 rings (SSSR count). The molecule has 3 heteroatoms. The molecule has 0 aliphatic rings. The van der Waals surface area contributed by atoms with Gasteiger partial charge in [-0.15, -0.1) is 0 Å². The Morgan fingerprint density at radius 1 is 1.16 bits per heavy atom. The number of carbonyl (C=O) groups is 1. The van der Waals surface area contributed by atoms with Gasteiger partial charge in [-0.25, -0.2) is 0 Å². The second-order valence-corrected chi connectivity index (χ2v) is 5.44. The van der Waals surface area contributed by atoms with Crippen LogP contribution in [0.5, 0.6) is 0 Å². The predicted octanol–water partition coefficient (Wildman–Crippen LogP) is 4.27. The Kier molecular flexibility index (Phi) is 5.16. The summed E-state index contributed by atoms with van der Waals surface area (Å²) in [5, 5.41) is 6.93. The van der Waals surface area contributed by atoms with Crippen molar-refractivity contribution in [2.75, 3.05) is 5.32 Å². The van der Waals surface area contributed by atoms with Crippen molar-refractivity contribution in [2.45, 2.75) is 32.6 Å². The van der Waals surface area contributed by atoms with E-state index in [4.69, 9.17) is 0 Å². The Morgan fingerprint density at radius 2 is 1.95 bits per heavy atom. The number of anilines is 1. The lowest BCUT2D eigenvalue weighted by Crippen LogP contribution is -2.13. The van der Waals surface area contributed by atoms with Crippen molar-refractivity contribution in [3.63, 3.8) is 0 Å². The molecule has 100 valence electrons. The maximum atomic E-state index is 11.8. The molecule has 2 aromatic rings. The monoisotopic (exact) mass is 273 g/mol. The molecule has 0 spiro atoms. The van der Waals surface area contributed by atoms with Gasteiger partial charge in [-0.05, 0) is 52.9 Å². The standard InChI is InChI=1S/C16H19NOS/c1-2-3-4-13-5-7-15(8-6-13)17-16(18)11-14-9-10-19-12-14/h5-10,12H,2-4,11H2,1H3,(H,17,18). The summed E-state index contributed by atoms with van der Waals surface area (Å²) in [7, 11) is 0. The molecule has 1 aromatic carbocycles. The summed E-state index contributed by atoms with van der Waals surface area (Å²) in [6, 6.07) is 10.1. The van der Waals surface area contributed by atoms with Gasteiger partial charge in [0, 0.05) is 5.69 Å². The highest BCUT2D eigenvalue weighted by Gasteiger charge is 2.04. The van der Waals surface area contributed by atoms with Gasteiger partial charge in [-0.1, -0.05) is 25.5 Å². The van der Waals surface area contributed by atoms with Gasteiger partial charge in [0.2, 0.25) is 5.91 Å². The van der Waals surface area contributed by atoms with Crippen LogP contribution in [0.25, 0.3) is 0 Å². The summed E-state index contributed by atoms with van der Waals surface area (Å²) < 4.78 is 0. The summed E-state index contributed by atoms with van der Waals surface area (Å²) in [4.78, 5) is 11.8. The van der Waals surface area contributed by atoms with Crippen LogP contribution in [-0.4, -0.2) is 5.91 Å². The van der Waals surface area contributed by atoms with Crippen molar-refractivity contribution in [2.24, 2.45) is 0 Å². The van der Waals surface area contributed by atoms with Gasteiger partial charge in [-0.3, -0.25) is 4.79 Å². The van der Waals surface area contributed by atoms with Crippen LogP contribution in [0, 0.1) is 0 Å². The lowest BCUT2D eigenvalue weighted by Gasteiger charge is -2.06. The van der Waals surface area contributed by atoms with E-state index in [1.54, 1.807) is 11.3 Å². The first-order chi connectivity index (χ1) is 9.28. The molecule has 0 saturated carbocycles. The van der Waals surface area contributed by atoms with Crippen LogP contribution >= 0.6 is 11.3 Å². The van der Waals surface area contributed by atoms with Crippen molar-refractivity contribution >= 4 is 22.9 Å². The molecule has 1 heterocycles. The van der Waals surface area contributed by atoms with E-state index in [9.17, 15) is 4.79 Å². The summed E-state index contributed by atoms with van der Waals surface area (Å²) >= 11 is 1.62. The molecule has 0 radical (unpaired) electrons. The van der Waals surface area contributed by atoms with Gasteiger partial charge in [-0.2, -0.15) is 11.3 Å². The first-order valence-electron chi connectivity index (χ1n) is 6.68. The first-order valence-corrected chi connectivity index (χ1v) is 7.62. The average molecular weight is 273 g/mol. The number of hydrogen-bond acceptors (Lipinski definition) is 2. The third-order valence-electron chi connectivity index (χ3n) is 3.00. The maximum Gasteiger partial charge on any atom is 0.228 e. The fourth-order valence-corrected chi connectivity index (χ4v) is 2.59. The SMILES string of the molecule is CCCCc1ccc(NC(=O)Cc2ccsc2)cc1. The Morgan fingerprint density at radius 3 is 2.58 bits per heavy atom. The van der Waals surface area contributed by atoms with Gasteiger partial charge in [0.05, 0.1) is 6.42 Å². The minimum atomic E-state index is 0.0414. The quantitative estimate of drug-likeness (QED) is 0.836. The third kappa shape index (κ3) is 4.52. The zero-order valence-electron chi connectivity index (χ0n) is 11.2. The minimum Gasteiger partial charge on any atom is -0.326 e. The van der Waals surface area contributed by atoms with Crippen molar-refractivity contribution < 1.29 is 4.79 Å². The second kappa shape index (κ2) is 7.10. The number of carbonyl (C=O) groups excluding carboxylic acids is 1. The van der Waals surface area contributed by atoms with E-state index in [-0.39, 0.29) is 5.91 Å². The third-order valence-corrected chi connectivity index (χ3v) is 3.73. The minimum absolute atomic E-state index is 0.0414. The average Bonchev–Trinajstić information content (AvgIpc) is 2.90. The summed E-state index contributed by atoms with van der Waals surface area (Å²) in [6.07, 6.45) is 3.98. The molecule has 0 aliphatic carbocycles. The van der Waals surface area contributed by atoms with Crippen molar-refractivity contribution in [3.8, 4) is 0 Å². The van der Waals surface area contributed by atoms with E-state index in [0.717, 1.165) is 17.7 Å². The lowest BCUT2D eigenvalue weighted by atomic mass is 10.1. The van der Waals surface area contributed by atoms with Crippen molar-refractivity contribution in [1.29, 1.82) is 0 Å². The molecule has 1 N–H and O–H groups in total. The Bertz CT molecular complexity index is 502. The van der Waals surface area contributed by atoms with Crippen molar-refractivity contribution in [1.82, 2.24) is 0 Å². The van der Waals surface area contributed by atoms with Gasteiger partial charge in [0.25, 0.3) is 0 Å². The molecular weight excluding hydrogens is 254 g/mol. The molecule has 1 aromatic heterocycles. The smallest absolute Gasteiger partial charge is 0.228 e. The van der Waals surface area contributed by atoms with E-state index < -0.39 is 0 Å². The number of nitrogens with one attached hydrogen (secondary N) is 1. The van der Waals surface area contributed by atoms with Crippen LogP contribution in [-0.2, 0) is 17.6 Å². The van der Waals surface area contributed by atoms with Crippen LogP contribution in [0.1, 0.15) is 30.9 Å². The Hall–Kier alpha value is -1.61. The van der Waals surface area contributed by atoms with Crippen LogP contribution in [0.2, 0.25) is 0 Å². The van der Waals surface area contributed by atoms with E-state index in [1.165, 1.54) is 18.4 Å². The number of aryl methyl sites for hydroxylation is 1. The molecule has 19 heavy (non-hydrogen) atoms. The molecule has 0 bridgehead atoms. The van der Waals surface area contributed by atoms with Gasteiger partial charge >= 0.3 is 0 Å². The summed E-state index contributed by atoms with van der Waals surface area (Å²) in [5.74, 6) is 0.0414. The molecule has 0 unspecified atom stereocenters. The molecular formula is C16H19NOS. The molecule has 0 saturated heterocycles. The highest BCUT2D eigenvalue weighted by Crippen LogP contribution is 2.13. The lowest BCUT2D eigenvalue weighted by molar-refractivity contribution is -0.115. The first kappa shape index (κ1) is 13.8. The topological polar surface area (TPSA) is 29.1 Å². The van der Waals surface area contributed by atoms with Crippen LogP contribution in [0.4, 0.5) is 5.69 Å². The van der Waals surface area contributed by atoms with E-state index in [0.29, 0.717) is 6.42 Å². The Labute approximate surface area is 118 Å². The molecule has 1 amide bonds. The number of unbranched alkanes of at least 4 members (excludes halogenated alkanes) is 1. The van der Waals surface area contributed by atoms with Crippen molar-refractivity contribution in [3.05, 3.63) is 52.2 Å². The van der Waals surface area contributed by atoms with E-state index in [1.807, 2.05) is 29.0 Å². The van der Waals surface area contributed by atoms with Gasteiger partial charge in [0.1, 0.15) is 0 Å². The number of thiophene rings is 1. The number of amides is 1. The van der Waals surface area contributed by atoms with E-state index >= 15 is 0 Å². The summed E-state index contributed by atoms with van der Waals surface area (Å²) in [6.45, 7) is 2.19. The molecule has 0 aliphatic heterocycles. The molecule has 2 nitrogen and oxygen atoms in total. The highest BCUT2D eigenvalue weighted by molar-refractivity contribution is 7.08. The number of hydrogen-bond donors (Lipinski definition) is 1. The van der Waals surface area contributed by atoms with Gasteiger partial charge in [0.15, 0.2) is 0 Å². The zero-order chi connectivity index (χ0) is 13.5. The zero-order valence-corrected chi connectivity index (χ0v) is 12.0. The fraction of sp³-hybridized carbons (Fsp3) is 0.312. The van der Waals surface area contributed by atoms with Crippen LogP contribution < -0.4 is 5.32 Å². The van der Waals surface area contributed by atoms with Gasteiger partial charge < -0.3 is 5.32 Å². The largest absolute Gasteiger partial charge is 0.326 e. The molecule has 0 atom stereocenters. The molecule has 0 fully saturated rings. The predicted molar refractivity (Wildman–Crippen MR) is 81.7 cm³/mol. The fourth-order valence-electron chi connectivity index (χ4n) is 1.92. The number of rotatable bonds is 6. The van der Waals surface area contributed by atoms with E-state index in [2.05, 4.69) is 24.4 Å². The number of benzene rings is 1. The van der Waals surface area contributed by atoms with Crippen LogP contribution in [0.3, 0.4) is 0 Å². The normalized spacial score (nSPS) is 10.4. The Balaban J connectivity index is 1.86.